The molecule has 0 heterocycles. The molecule has 0 N–H and O–H groups in total. The lowest BCUT2D eigenvalue weighted by atomic mass is 9.84. The molecule has 0 atom stereocenters. The average Bonchev–Trinajstić information content (AvgIpc) is 3.26. The number of hydrogen-bond acceptors (Lipinski definition) is 0. The molecule has 58 heavy (non-hydrogen) atoms. The fourth-order valence-electron chi connectivity index (χ4n) is 7.75. The van der Waals surface area contributed by atoms with Gasteiger partial charge in [0.15, 0.2) is 0 Å². The number of rotatable bonds is 11. The maximum absolute atomic E-state index is 2.27. The molecule has 8 aromatic rings. The summed E-state index contributed by atoms with van der Waals surface area (Å²) in [6.07, 6.45) is 8.79. The summed E-state index contributed by atoms with van der Waals surface area (Å²) in [5.74, 6) is 0.394. The van der Waals surface area contributed by atoms with Gasteiger partial charge >= 0.3 is 0 Å². The summed E-state index contributed by atoms with van der Waals surface area (Å²) in [7, 11) is 0. The van der Waals surface area contributed by atoms with Crippen molar-refractivity contribution in [3.8, 4) is 11.1 Å². The zero-order chi connectivity index (χ0) is 39.8. The highest BCUT2D eigenvalue weighted by atomic mass is 14.2. The smallest absolute Gasteiger partial charge is 0.0340 e. The van der Waals surface area contributed by atoms with Crippen LogP contribution in [-0.2, 0) is 0 Å². The van der Waals surface area contributed by atoms with Crippen molar-refractivity contribution in [2.75, 3.05) is 0 Å². The van der Waals surface area contributed by atoms with Crippen LogP contribution in [0.1, 0.15) is 89.7 Å². The van der Waals surface area contributed by atoms with E-state index < -0.39 is 0 Å². The Bertz CT molecular complexity index is 2320. The van der Waals surface area contributed by atoms with Crippen molar-refractivity contribution >= 4 is 24.3 Å². The predicted molar refractivity (Wildman–Crippen MR) is 249 cm³/mol. The fourth-order valence-corrected chi connectivity index (χ4v) is 7.75. The molecular weight excluding hydrogens is 697 g/mol. The van der Waals surface area contributed by atoms with Crippen molar-refractivity contribution < 1.29 is 0 Å². The van der Waals surface area contributed by atoms with E-state index >= 15 is 0 Å². The Kier molecular flexibility index (Phi) is 11.6. The van der Waals surface area contributed by atoms with Crippen LogP contribution < -0.4 is 0 Å². The average molecular weight is 747 g/mol. The van der Waals surface area contributed by atoms with E-state index in [1.165, 1.54) is 89.0 Å². The van der Waals surface area contributed by atoms with Gasteiger partial charge in [0.1, 0.15) is 0 Å². The van der Waals surface area contributed by atoms with Crippen LogP contribution in [0.5, 0.6) is 0 Å². The number of aryl methyl sites for hydroxylation is 4. The molecule has 8 aromatic carbocycles. The van der Waals surface area contributed by atoms with Gasteiger partial charge in [-0.1, -0.05) is 241 Å². The molecule has 8 rings (SSSR count). The quantitative estimate of drug-likeness (QED) is 0.0913. The van der Waals surface area contributed by atoms with Crippen LogP contribution in [0.2, 0.25) is 0 Å². The maximum Gasteiger partial charge on any atom is 0.0340 e. The number of hydrogen-bond donors (Lipinski definition) is 0. The molecule has 0 aromatic heterocycles. The van der Waals surface area contributed by atoms with E-state index in [0.29, 0.717) is 0 Å². The van der Waals surface area contributed by atoms with Gasteiger partial charge in [-0.05, 0) is 94.5 Å². The molecule has 0 saturated heterocycles. The second kappa shape index (κ2) is 17.6. The largest absolute Gasteiger partial charge is 0.0590 e. The van der Waals surface area contributed by atoms with E-state index in [9.17, 15) is 0 Å². The van der Waals surface area contributed by atoms with Crippen LogP contribution in [0, 0.1) is 27.7 Å². The third-order valence-corrected chi connectivity index (χ3v) is 11.3. The van der Waals surface area contributed by atoms with E-state index in [4.69, 9.17) is 0 Å². The molecule has 0 aliphatic rings. The normalized spacial score (nSPS) is 11.6. The van der Waals surface area contributed by atoms with Crippen LogP contribution in [0.25, 0.3) is 35.4 Å². The molecule has 0 aliphatic carbocycles. The highest BCUT2D eigenvalue weighted by Crippen LogP contribution is 2.34. The van der Waals surface area contributed by atoms with Crippen LogP contribution in [-0.4, -0.2) is 0 Å². The Balaban J connectivity index is 0.908. The molecule has 0 saturated carbocycles. The van der Waals surface area contributed by atoms with Gasteiger partial charge < -0.3 is 0 Å². The summed E-state index contributed by atoms with van der Waals surface area (Å²) >= 11 is 0. The van der Waals surface area contributed by atoms with Gasteiger partial charge in [0.2, 0.25) is 0 Å². The predicted octanol–water partition coefficient (Wildman–Crippen LogP) is 15.3. The van der Waals surface area contributed by atoms with Crippen LogP contribution in [0.4, 0.5) is 0 Å². The summed E-state index contributed by atoms with van der Waals surface area (Å²) in [5.41, 5.74) is 20.1. The van der Waals surface area contributed by atoms with E-state index in [1.807, 2.05) is 0 Å². The molecule has 0 spiro atoms. The van der Waals surface area contributed by atoms with Gasteiger partial charge in [0.25, 0.3) is 0 Å². The van der Waals surface area contributed by atoms with Gasteiger partial charge in [-0.25, -0.2) is 0 Å². The van der Waals surface area contributed by atoms with Crippen molar-refractivity contribution in [3.63, 3.8) is 0 Å². The zero-order valence-electron chi connectivity index (χ0n) is 33.9. The van der Waals surface area contributed by atoms with Crippen molar-refractivity contribution in [2.24, 2.45) is 0 Å². The Labute approximate surface area is 345 Å². The minimum atomic E-state index is 0.197. The lowest BCUT2D eigenvalue weighted by molar-refractivity contribution is 0.974. The lowest BCUT2D eigenvalue weighted by Crippen LogP contribution is -2.03. The summed E-state index contributed by atoms with van der Waals surface area (Å²) < 4.78 is 0. The summed E-state index contributed by atoms with van der Waals surface area (Å²) in [6.45, 7) is 8.58. The molecule has 0 radical (unpaired) electrons. The first-order valence-electron chi connectivity index (χ1n) is 20.4. The van der Waals surface area contributed by atoms with Crippen molar-refractivity contribution in [3.05, 3.63) is 272 Å². The summed E-state index contributed by atoms with van der Waals surface area (Å²) in [6, 6.07) is 71.5. The second-order valence-corrected chi connectivity index (χ2v) is 15.8. The first kappa shape index (κ1) is 38.1. The van der Waals surface area contributed by atoms with Crippen molar-refractivity contribution in [2.45, 2.75) is 39.5 Å². The zero-order valence-corrected chi connectivity index (χ0v) is 33.9. The van der Waals surface area contributed by atoms with E-state index in [1.54, 1.807) is 0 Å². The maximum atomic E-state index is 2.27. The highest BCUT2D eigenvalue weighted by Gasteiger charge is 2.18. The Morgan fingerprint density at radius 1 is 0.224 bits per heavy atom. The van der Waals surface area contributed by atoms with Gasteiger partial charge in [0.05, 0.1) is 0 Å². The second-order valence-electron chi connectivity index (χ2n) is 15.8. The van der Waals surface area contributed by atoms with Gasteiger partial charge in [-0.3, -0.25) is 0 Å². The monoisotopic (exact) mass is 746 g/mol. The summed E-state index contributed by atoms with van der Waals surface area (Å²) in [5, 5.41) is 0. The third-order valence-electron chi connectivity index (χ3n) is 11.3. The van der Waals surface area contributed by atoms with Crippen molar-refractivity contribution in [1.82, 2.24) is 0 Å². The standard InChI is InChI=1S/C58H50/c1-41-5-25-51(26-6-41)57(52-27-7-42(2)8-28-52)55-37-21-47(22-38-55)15-13-45-17-33-49(34-18-45)50-35-19-46(20-36-50)14-16-48-23-39-56(40-24-48)58(53-29-9-43(3)10-30-53)54-31-11-44(4)12-32-54/h5-40,57-58H,1-4H3/b15-13+,16-14+. The topological polar surface area (TPSA) is 0 Å². The number of benzene rings is 8. The van der Waals surface area contributed by atoms with Crippen molar-refractivity contribution in [1.29, 1.82) is 0 Å². The minimum Gasteiger partial charge on any atom is -0.0590 e. The Hall–Kier alpha value is -6.76. The molecular formula is C58H50. The molecule has 0 heteroatoms. The molecule has 0 unspecified atom stereocenters. The molecule has 0 aliphatic heterocycles. The Morgan fingerprint density at radius 2 is 0.397 bits per heavy atom. The van der Waals surface area contributed by atoms with Gasteiger partial charge in [0, 0.05) is 11.8 Å². The first-order valence-corrected chi connectivity index (χ1v) is 20.4. The molecule has 0 nitrogen and oxygen atoms in total. The molecule has 282 valence electrons. The van der Waals surface area contributed by atoms with E-state index in [-0.39, 0.29) is 11.8 Å². The molecule has 0 amide bonds. The van der Waals surface area contributed by atoms with Crippen LogP contribution in [0.3, 0.4) is 0 Å². The first-order chi connectivity index (χ1) is 28.3. The lowest BCUT2D eigenvalue weighted by Gasteiger charge is -2.19. The third kappa shape index (κ3) is 9.26. The Morgan fingerprint density at radius 3 is 0.603 bits per heavy atom. The van der Waals surface area contributed by atoms with Gasteiger partial charge in [-0.2, -0.15) is 0 Å². The molecule has 0 fully saturated rings. The summed E-state index contributed by atoms with van der Waals surface area (Å²) in [4.78, 5) is 0. The van der Waals surface area contributed by atoms with Crippen LogP contribution in [0.15, 0.2) is 194 Å². The van der Waals surface area contributed by atoms with E-state index in [0.717, 1.165) is 0 Å². The SMILES string of the molecule is Cc1ccc(C(c2ccc(C)cc2)c2ccc(/C=C/c3ccc(-c4ccc(/C=C/c5ccc(C(c6ccc(C)cc6)c6ccc(C)cc6)cc5)cc4)cc3)cc2)cc1. The minimum absolute atomic E-state index is 0.197. The fraction of sp³-hybridized carbons (Fsp3) is 0.103. The van der Waals surface area contributed by atoms with Crippen LogP contribution >= 0.6 is 0 Å². The molecule has 0 bridgehead atoms. The van der Waals surface area contributed by atoms with Gasteiger partial charge in [-0.15, -0.1) is 0 Å². The highest BCUT2D eigenvalue weighted by molar-refractivity contribution is 5.74. The van der Waals surface area contributed by atoms with E-state index in [2.05, 4.69) is 246 Å².